The maximum absolute atomic E-state index is 5.21. The molecule has 0 aliphatic rings. The van der Waals surface area contributed by atoms with Gasteiger partial charge in [0.15, 0.2) is 0 Å². The topological polar surface area (TPSA) is 9.23 Å². The largest absolute Gasteiger partial charge is 0.497 e. The van der Waals surface area contributed by atoms with Crippen LogP contribution in [0.2, 0.25) is 0 Å². The Hall–Kier alpha value is -1.76. The van der Waals surface area contributed by atoms with Gasteiger partial charge in [0.2, 0.25) is 0 Å². The van der Waals surface area contributed by atoms with Crippen LogP contribution in [0.4, 0.5) is 0 Å². The molecule has 0 spiro atoms. The van der Waals surface area contributed by atoms with Gasteiger partial charge >= 0.3 is 0 Å². The van der Waals surface area contributed by atoms with Gasteiger partial charge in [-0.3, -0.25) is 0 Å². The molecule has 0 radical (unpaired) electrons. The molecule has 0 heterocycles. The van der Waals surface area contributed by atoms with E-state index < -0.39 is 0 Å². The molecule has 0 aliphatic carbocycles. The van der Waals surface area contributed by atoms with Crippen LogP contribution in [0.5, 0.6) is 5.75 Å². The fraction of sp³-hybridized carbons (Fsp3) is 0.455. The van der Waals surface area contributed by atoms with Crippen molar-refractivity contribution < 1.29 is 4.74 Å². The maximum atomic E-state index is 5.21. The van der Waals surface area contributed by atoms with Gasteiger partial charge in [-0.2, -0.15) is 0 Å². The first-order chi connectivity index (χ1) is 11.1. The Morgan fingerprint density at radius 2 is 1.48 bits per heavy atom. The Morgan fingerprint density at radius 1 is 0.826 bits per heavy atom. The smallest absolute Gasteiger partial charge is 0.118 e. The summed E-state index contributed by atoms with van der Waals surface area (Å²) in [5.74, 6) is 2.35. The molecule has 0 saturated carbocycles. The lowest BCUT2D eigenvalue weighted by Crippen LogP contribution is -2.03. The number of aryl methyl sites for hydroxylation is 1. The maximum Gasteiger partial charge on any atom is 0.118 e. The average molecular weight is 310 g/mol. The first kappa shape index (κ1) is 17.6. The van der Waals surface area contributed by atoms with E-state index in [1.54, 1.807) is 7.11 Å². The van der Waals surface area contributed by atoms with E-state index in [9.17, 15) is 0 Å². The molecule has 0 N–H and O–H groups in total. The van der Waals surface area contributed by atoms with Crippen LogP contribution >= 0.6 is 0 Å². The first-order valence-corrected chi connectivity index (χ1v) is 8.77. The van der Waals surface area contributed by atoms with E-state index in [0.29, 0.717) is 5.92 Å². The van der Waals surface area contributed by atoms with E-state index in [2.05, 4.69) is 69.3 Å². The Kier molecular flexibility index (Phi) is 6.70. The molecule has 0 amide bonds. The van der Waals surface area contributed by atoms with E-state index >= 15 is 0 Å². The van der Waals surface area contributed by atoms with Crippen molar-refractivity contribution in [1.82, 2.24) is 0 Å². The normalized spacial score (nSPS) is 12.4. The molecule has 1 nitrogen and oxygen atoms in total. The first-order valence-electron chi connectivity index (χ1n) is 8.77. The summed E-state index contributed by atoms with van der Waals surface area (Å²) in [6.45, 7) is 6.92. The molecule has 2 rings (SSSR count). The number of methoxy groups -OCH3 is 1. The Labute approximate surface area is 141 Å². The fourth-order valence-electron chi connectivity index (χ4n) is 3.06. The minimum absolute atomic E-state index is 0.700. The molecule has 0 aliphatic heterocycles. The monoisotopic (exact) mass is 310 g/mol. The zero-order chi connectivity index (χ0) is 16.7. The van der Waals surface area contributed by atoms with Gasteiger partial charge in [0.1, 0.15) is 5.75 Å². The number of benzene rings is 2. The minimum Gasteiger partial charge on any atom is -0.497 e. The van der Waals surface area contributed by atoms with Crippen LogP contribution in [0, 0.1) is 11.8 Å². The van der Waals surface area contributed by atoms with Crippen LogP contribution in [-0.2, 0) is 19.3 Å². The number of hydrogen-bond donors (Lipinski definition) is 0. The predicted octanol–water partition coefficient (Wildman–Crippen LogP) is 5.71. The van der Waals surface area contributed by atoms with Gasteiger partial charge in [-0.15, -0.1) is 0 Å². The van der Waals surface area contributed by atoms with Crippen LogP contribution in [0.15, 0.2) is 48.5 Å². The summed E-state index contributed by atoms with van der Waals surface area (Å²) >= 11 is 0. The van der Waals surface area contributed by atoms with E-state index in [1.165, 1.54) is 36.0 Å². The minimum atomic E-state index is 0.700. The van der Waals surface area contributed by atoms with Crippen LogP contribution < -0.4 is 4.74 Å². The molecule has 0 saturated heterocycles. The van der Waals surface area contributed by atoms with Gasteiger partial charge in [-0.05, 0) is 66.3 Å². The van der Waals surface area contributed by atoms with Crippen LogP contribution in [0.1, 0.15) is 43.9 Å². The molecular formula is C22H30O. The molecule has 2 aromatic carbocycles. The second-order valence-electron chi connectivity index (χ2n) is 7.11. The molecule has 2 aromatic rings. The van der Waals surface area contributed by atoms with Crippen molar-refractivity contribution in [2.24, 2.45) is 11.8 Å². The summed E-state index contributed by atoms with van der Waals surface area (Å²) in [5.41, 5.74) is 4.34. The standard InChI is InChI=1S/C22H30O/c1-17(2)14-20-6-5-7-21(16-20)15-18(3)8-9-19-10-12-22(23-4)13-11-19/h5-7,10-13,16-18H,8-9,14-15H2,1-4H3. The molecular weight excluding hydrogens is 280 g/mol. The van der Waals surface area contributed by atoms with Crippen molar-refractivity contribution in [3.05, 3.63) is 65.2 Å². The summed E-state index contributed by atoms with van der Waals surface area (Å²) in [6.07, 6.45) is 4.70. The summed E-state index contributed by atoms with van der Waals surface area (Å²) in [5, 5.41) is 0. The van der Waals surface area contributed by atoms with Crippen molar-refractivity contribution in [2.45, 2.75) is 46.5 Å². The van der Waals surface area contributed by atoms with Gasteiger partial charge in [0.05, 0.1) is 7.11 Å². The lowest BCUT2D eigenvalue weighted by molar-refractivity contribution is 0.414. The third-order valence-corrected chi connectivity index (χ3v) is 4.30. The Balaban J connectivity index is 1.85. The molecule has 0 aromatic heterocycles. The van der Waals surface area contributed by atoms with E-state index in [0.717, 1.165) is 18.1 Å². The van der Waals surface area contributed by atoms with E-state index in [4.69, 9.17) is 4.74 Å². The molecule has 0 fully saturated rings. The van der Waals surface area contributed by atoms with Crippen molar-refractivity contribution in [2.75, 3.05) is 7.11 Å². The molecule has 0 bridgehead atoms. The highest BCUT2D eigenvalue weighted by molar-refractivity contribution is 5.27. The number of ether oxygens (including phenoxy) is 1. The fourth-order valence-corrected chi connectivity index (χ4v) is 3.06. The summed E-state index contributed by atoms with van der Waals surface area (Å²) in [7, 11) is 1.71. The molecule has 1 unspecified atom stereocenters. The number of rotatable bonds is 8. The van der Waals surface area contributed by atoms with Crippen LogP contribution in [-0.4, -0.2) is 7.11 Å². The Morgan fingerprint density at radius 3 is 2.09 bits per heavy atom. The zero-order valence-corrected chi connectivity index (χ0v) is 15.0. The second-order valence-corrected chi connectivity index (χ2v) is 7.11. The highest BCUT2D eigenvalue weighted by Gasteiger charge is 2.06. The summed E-state index contributed by atoms with van der Waals surface area (Å²) < 4.78 is 5.21. The summed E-state index contributed by atoms with van der Waals surface area (Å²) in [6, 6.07) is 17.6. The third kappa shape index (κ3) is 6.09. The van der Waals surface area contributed by atoms with Crippen molar-refractivity contribution in [3.63, 3.8) is 0 Å². The lowest BCUT2D eigenvalue weighted by Gasteiger charge is -2.13. The molecule has 1 heteroatoms. The third-order valence-electron chi connectivity index (χ3n) is 4.30. The van der Waals surface area contributed by atoms with Gasteiger partial charge in [-0.25, -0.2) is 0 Å². The van der Waals surface area contributed by atoms with Crippen molar-refractivity contribution in [1.29, 1.82) is 0 Å². The molecule has 1 atom stereocenters. The van der Waals surface area contributed by atoms with E-state index in [1.807, 2.05) is 0 Å². The van der Waals surface area contributed by atoms with Gasteiger partial charge in [-0.1, -0.05) is 57.2 Å². The molecule has 124 valence electrons. The molecule has 23 heavy (non-hydrogen) atoms. The van der Waals surface area contributed by atoms with Crippen molar-refractivity contribution in [3.8, 4) is 5.75 Å². The highest BCUT2D eigenvalue weighted by atomic mass is 16.5. The van der Waals surface area contributed by atoms with Gasteiger partial charge < -0.3 is 4.74 Å². The second kappa shape index (κ2) is 8.76. The van der Waals surface area contributed by atoms with Gasteiger partial charge in [0.25, 0.3) is 0 Å². The average Bonchev–Trinajstić information content (AvgIpc) is 2.53. The quantitative estimate of drug-likeness (QED) is 0.607. The number of hydrogen-bond acceptors (Lipinski definition) is 1. The highest BCUT2D eigenvalue weighted by Crippen LogP contribution is 2.19. The zero-order valence-electron chi connectivity index (χ0n) is 15.0. The summed E-state index contributed by atoms with van der Waals surface area (Å²) in [4.78, 5) is 0. The Bertz CT molecular complexity index is 583. The van der Waals surface area contributed by atoms with Crippen LogP contribution in [0.3, 0.4) is 0 Å². The predicted molar refractivity (Wildman–Crippen MR) is 99.2 cm³/mol. The van der Waals surface area contributed by atoms with Crippen molar-refractivity contribution >= 4 is 0 Å². The van der Waals surface area contributed by atoms with Crippen LogP contribution in [0.25, 0.3) is 0 Å². The SMILES string of the molecule is COc1ccc(CCC(C)Cc2cccc(CC(C)C)c2)cc1. The lowest BCUT2D eigenvalue weighted by atomic mass is 9.92. The van der Waals surface area contributed by atoms with E-state index in [-0.39, 0.29) is 0 Å². The van der Waals surface area contributed by atoms with Gasteiger partial charge in [0, 0.05) is 0 Å².